The van der Waals surface area contributed by atoms with Crippen LogP contribution in [0.1, 0.15) is 74.8 Å². The number of halogens is 1. The normalized spacial score (nSPS) is 6.68. The molecule has 1 rings (SSSR count). The summed E-state index contributed by atoms with van der Waals surface area (Å²) in [6, 6.07) is 4.79. The van der Waals surface area contributed by atoms with E-state index < -0.39 is 5.97 Å². The van der Waals surface area contributed by atoms with E-state index in [1.54, 1.807) is 18.2 Å². The van der Waals surface area contributed by atoms with E-state index in [2.05, 4.69) is 0 Å². The second kappa shape index (κ2) is 31.9. The Hall–Kier alpha value is -1.22. The molecule has 0 amide bonds. The molecule has 0 radical (unpaired) electrons. The number of hydrogen-bond donors (Lipinski definition) is 2. The number of carboxylic acid groups (broad SMARTS) is 1. The number of aliphatic carboxylic acids is 1. The fourth-order valence-electron chi connectivity index (χ4n) is 0.890. The maximum absolute atomic E-state index is 10.3. The molecule has 0 bridgehead atoms. The number of nitrogens with two attached hydrogens (primary N) is 1. The van der Waals surface area contributed by atoms with Crippen LogP contribution in [0, 0.1) is 0 Å². The summed E-state index contributed by atoms with van der Waals surface area (Å²) in [4.78, 5) is 10.3. The highest BCUT2D eigenvalue weighted by molar-refractivity contribution is 6.30. The van der Waals surface area contributed by atoms with Crippen LogP contribution in [0.5, 0.6) is 0 Å². The van der Waals surface area contributed by atoms with Gasteiger partial charge in [-0.05, 0) is 23.8 Å². The molecule has 0 atom stereocenters. The first-order chi connectivity index (χ1) is 10.6. The summed E-state index contributed by atoms with van der Waals surface area (Å²) in [6.07, 6.45) is -0.0909. The van der Waals surface area contributed by atoms with Crippen molar-refractivity contribution in [2.45, 2.75) is 75.7 Å². The summed E-state index contributed by atoms with van der Waals surface area (Å²) in [5.74, 6) is -0.913. The second-order valence-electron chi connectivity index (χ2n) is 2.41. The molecule has 0 aromatic heterocycles. The minimum atomic E-state index is -0.913. The van der Waals surface area contributed by atoms with Crippen molar-refractivity contribution in [1.82, 2.24) is 0 Å². The Morgan fingerprint density at radius 3 is 1.64 bits per heavy atom. The molecule has 1 aromatic rings. The molecular formula is C18H38ClNO2. The Bertz CT molecular complexity index is 316. The van der Waals surface area contributed by atoms with Crippen LogP contribution in [-0.4, -0.2) is 11.1 Å². The first-order valence-corrected chi connectivity index (χ1v) is 8.73. The van der Waals surface area contributed by atoms with Gasteiger partial charge in [-0.25, -0.2) is 0 Å². The highest BCUT2D eigenvalue weighted by atomic mass is 35.5. The summed E-state index contributed by atoms with van der Waals surface area (Å²) in [5, 5.41) is 8.98. The molecule has 0 unspecified atom stereocenters. The van der Waals surface area contributed by atoms with Gasteiger partial charge in [0, 0.05) is 10.7 Å². The Morgan fingerprint density at radius 1 is 0.955 bits per heavy atom. The second-order valence-corrected chi connectivity index (χ2v) is 2.85. The van der Waals surface area contributed by atoms with Crippen molar-refractivity contribution in [3.8, 4) is 0 Å². The predicted octanol–water partition coefficient (Wildman–Crippen LogP) is 6.68. The third kappa shape index (κ3) is 23.8. The zero-order valence-corrected chi connectivity index (χ0v) is 17.0. The summed E-state index contributed by atoms with van der Waals surface area (Å²) in [6.45, 7) is 20.0. The van der Waals surface area contributed by atoms with E-state index in [1.807, 2.05) is 69.2 Å². The van der Waals surface area contributed by atoms with Gasteiger partial charge in [0.1, 0.15) is 0 Å². The van der Waals surface area contributed by atoms with Crippen LogP contribution >= 0.6 is 11.6 Å². The van der Waals surface area contributed by atoms with Gasteiger partial charge in [0.15, 0.2) is 0 Å². The van der Waals surface area contributed by atoms with Gasteiger partial charge in [-0.2, -0.15) is 0 Å². The SMILES string of the molecule is CC.CC.CC.CC.CC.Nc1ccc(Cl)cc1CC(=O)O. The van der Waals surface area contributed by atoms with Crippen LogP contribution in [0.2, 0.25) is 5.02 Å². The molecule has 0 aliphatic heterocycles. The maximum Gasteiger partial charge on any atom is 0.307 e. The monoisotopic (exact) mass is 335 g/mol. The van der Waals surface area contributed by atoms with Crippen LogP contribution in [0.25, 0.3) is 0 Å². The van der Waals surface area contributed by atoms with Crippen LogP contribution < -0.4 is 5.73 Å². The minimum Gasteiger partial charge on any atom is -0.481 e. The van der Waals surface area contributed by atoms with Crippen molar-refractivity contribution in [1.29, 1.82) is 0 Å². The van der Waals surface area contributed by atoms with Gasteiger partial charge < -0.3 is 10.8 Å². The van der Waals surface area contributed by atoms with Gasteiger partial charge >= 0.3 is 5.97 Å². The molecular weight excluding hydrogens is 298 g/mol. The Morgan fingerprint density at radius 2 is 1.32 bits per heavy atom. The standard InChI is InChI=1S/C8H8ClNO2.5C2H6/c9-6-1-2-7(10)5(3-6)4-8(11)12;5*1-2/h1-3H,4,10H2,(H,11,12);5*1-2H3. The first-order valence-electron chi connectivity index (χ1n) is 8.35. The van der Waals surface area contributed by atoms with E-state index in [0.717, 1.165) is 0 Å². The Labute approximate surface area is 143 Å². The van der Waals surface area contributed by atoms with Gasteiger partial charge in [0.05, 0.1) is 6.42 Å². The number of nitrogen functional groups attached to an aromatic ring is 1. The van der Waals surface area contributed by atoms with E-state index in [1.165, 1.54) is 0 Å². The van der Waals surface area contributed by atoms with Gasteiger partial charge in [-0.3, -0.25) is 4.79 Å². The molecule has 134 valence electrons. The largest absolute Gasteiger partial charge is 0.481 e. The zero-order chi connectivity index (χ0) is 19.1. The third-order valence-electron chi connectivity index (χ3n) is 1.45. The maximum atomic E-state index is 10.3. The average molecular weight is 336 g/mol. The number of carbonyl (C=O) groups is 1. The van der Waals surface area contributed by atoms with E-state index in [4.69, 9.17) is 22.4 Å². The molecule has 3 N–H and O–H groups in total. The lowest BCUT2D eigenvalue weighted by atomic mass is 10.1. The van der Waals surface area contributed by atoms with Crippen molar-refractivity contribution in [3.63, 3.8) is 0 Å². The topological polar surface area (TPSA) is 63.3 Å². The minimum absolute atomic E-state index is 0.0909. The van der Waals surface area contributed by atoms with Crippen LogP contribution in [0.15, 0.2) is 18.2 Å². The molecule has 0 aliphatic rings. The highest BCUT2D eigenvalue weighted by Gasteiger charge is 2.04. The van der Waals surface area contributed by atoms with Crippen molar-refractivity contribution in [3.05, 3.63) is 28.8 Å². The van der Waals surface area contributed by atoms with Crippen LogP contribution in [0.4, 0.5) is 5.69 Å². The number of anilines is 1. The van der Waals surface area contributed by atoms with Crippen molar-refractivity contribution >= 4 is 23.3 Å². The lowest BCUT2D eigenvalue weighted by Crippen LogP contribution is -2.03. The lowest BCUT2D eigenvalue weighted by molar-refractivity contribution is -0.136. The lowest BCUT2D eigenvalue weighted by Gasteiger charge is -2.02. The number of rotatable bonds is 2. The predicted molar refractivity (Wildman–Crippen MR) is 104 cm³/mol. The summed E-state index contributed by atoms with van der Waals surface area (Å²) >= 11 is 5.65. The Balaban J connectivity index is -0.0000000822. The van der Waals surface area contributed by atoms with Gasteiger partial charge in [-0.1, -0.05) is 80.8 Å². The van der Waals surface area contributed by atoms with E-state index >= 15 is 0 Å². The van der Waals surface area contributed by atoms with Crippen LogP contribution in [0.3, 0.4) is 0 Å². The Kier molecular flexibility index (Phi) is 47.4. The fourth-order valence-corrected chi connectivity index (χ4v) is 1.09. The van der Waals surface area contributed by atoms with Gasteiger partial charge in [0.25, 0.3) is 0 Å². The van der Waals surface area contributed by atoms with E-state index in [9.17, 15) is 4.79 Å². The molecule has 0 spiro atoms. The fraction of sp³-hybridized carbons (Fsp3) is 0.611. The van der Waals surface area contributed by atoms with Crippen LogP contribution in [-0.2, 0) is 11.2 Å². The first kappa shape index (κ1) is 32.7. The molecule has 0 fully saturated rings. The number of benzene rings is 1. The summed E-state index contributed by atoms with van der Waals surface area (Å²) in [5.41, 5.74) is 6.53. The summed E-state index contributed by atoms with van der Waals surface area (Å²) in [7, 11) is 0. The summed E-state index contributed by atoms with van der Waals surface area (Å²) < 4.78 is 0. The molecule has 22 heavy (non-hydrogen) atoms. The quantitative estimate of drug-likeness (QED) is 0.592. The van der Waals surface area contributed by atoms with E-state index in [-0.39, 0.29) is 6.42 Å². The zero-order valence-electron chi connectivity index (χ0n) is 16.2. The molecule has 0 saturated heterocycles. The molecule has 3 nitrogen and oxygen atoms in total. The number of carboxylic acids is 1. The van der Waals surface area contributed by atoms with E-state index in [0.29, 0.717) is 16.3 Å². The van der Waals surface area contributed by atoms with Crippen molar-refractivity contribution < 1.29 is 9.90 Å². The molecule has 0 saturated carbocycles. The smallest absolute Gasteiger partial charge is 0.307 e. The average Bonchev–Trinajstić information content (AvgIpc) is 2.60. The molecule has 1 aromatic carbocycles. The number of hydrogen-bond acceptors (Lipinski definition) is 2. The molecule has 4 heteroatoms. The van der Waals surface area contributed by atoms with Gasteiger partial charge in [0.2, 0.25) is 0 Å². The van der Waals surface area contributed by atoms with Gasteiger partial charge in [-0.15, -0.1) is 0 Å². The van der Waals surface area contributed by atoms with Crippen molar-refractivity contribution in [2.24, 2.45) is 0 Å². The third-order valence-corrected chi connectivity index (χ3v) is 1.68. The highest BCUT2D eigenvalue weighted by Crippen LogP contribution is 2.18. The van der Waals surface area contributed by atoms with Crippen molar-refractivity contribution in [2.75, 3.05) is 5.73 Å². The molecule has 0 heterocycles. The molecule has 0 aliphatic carbocycles.